The average molecular weight is 369 g/mol. The summed E-state index contributed by atoms with van der Waals surface area (Å²) in [6, 6.07) is 15.5. The number of halogens is 1. The number of nitrogens with zero attached hydrogens (tertiary/aromatic N) is 3. The number of H-pyrrole nitrogens is 1. The summed E-state index contributed by atoms with van der Waals surface area (Å²) in [5.41, 5.74) is 1.83. The van der Waals surface area contributed by atoms with Crippen LogP contribution >= 0.6 is 11.6 Å². The number of aromatic nitrogens is 2. The molecule has 1 aliphatic rings. The van der Waals surface area contributed by atoms with Gasteiger partial charge in [0, 0.05) is 36.9 Å². The van der Waals surface area contributed by atoms with E-state index in [-0.39, 0.29) is 11.6 Å². The van der Waals surface area contributed by atoms with Gasteiger partial charge in [0.2, 0.25) is 0 Å². The molecular formula is C20H21ClN4O. The Morgan fingerprint density at radius 3 is 2.62 bits per heavy atom. The molecule has 1 N–H and O–H groups in total. The predicted octanol–water partition coefficient (Wildman–Crippen LogP) is 3.46. The number of para-hydroxylation sites is 1. The minimum atomic E-state index is -0.0741. The zero-order chi connectivity index (χ0) is 18.1. The Bertz CT molecular complexity index is 979. The van der Waals surface area contributed by atoms with Crippen molar-refractivity contribution in [1.29, 1.82) is 0 Å². The highest BCUT2D eigenvalue weighted by Gasteiger charge is 2.24. The molecule has 3 aromatic rings. The van der Waals surface area contributed by atoms with Gasteiger partial charge in [0.15, 0.2) is 0 Å². The maximum Gasteiger partial charge on any atom is 0.258 e. The largest absolute Gasteiger partial charge is 0.369 e. The van der Waals surface area contributed by atoms with E-state index in [2.05, 4.69) is 32.8 Å². The molecule has 1 atom stereocenters. The molecule has 0 spiro atoms. The fraction of sp³-hybridized carbons (Fsp3) is 0.300. The van der Waals surface area contributed by atoms with E-state index in [1.807, 2.05) is 36.4 Å². The van der Waals surface area contributed by atoms with E-state index < -0.39 is 0 Å². The Balaban J connectivity index is 1.50. The van der Waals surface area contributed by atoms with E-state index in [1.165, 1.54) is 0 Å². The van der Waals surface area contributed by atoms with Crippen LogP contribution in [0.4, 0.5) is 5.69 Å². The zero-order valence-corrected chi connectivity index (χ0v) is 15.4. The van der Waals surface area contributed by atoms with E-state index in [4.69, 9.17) is 11.6 Å². The first-order valence-electron chi connectivity index (χ1n) is 8.85. The molecule has 1 saturated heterocycles. The van der Waals surface area contributed by atoms with Crippen molar-refractivity contribution in [3.63, 3.8) is 0 Å². The number of rotatable bonds is 3. The van der Waals surface area contributed by atoms with Crippen LogP contribution < -0.4 is 10.5 Å². The van der Waals surface area contributed by atoms with Crippen LogP contribution in [0, 0.1) is 0 Å². The molecule has 0 saturated carbocycles. The SMILES string of the molecule is C[C@@H](c1nc2ccccc2c(=O)[nH]1)N1CCN(c2cccc(Cl)c2)CC1. The molecule has 6 heteroatoms. The van der Waals surface area contributed by atoms with Gasteiger partial charge in [0.25, 0.3) is 5.56 Å². The van der Waals surface area contributed by atoms with Gasteiger partial charge in [-0.25, -0.2) is 4.98 Å². The van der Waals surface area contributed by atoms with Crippen LogP contribution in [0.15, 0.2) is 53.3 Å². The van der Waals surface area contributed by atoms with Crippen molar-refractivity contribution in [1.82, 2.24) is 14.9 Å². The summed E-state index contributed by atoms with van der Waals surface area (Å²) in [6.07, 6.45) is 0. The van der Waals surface area contributed by atoms with Crippen molar-refractivity contribution < 1.29 is 0 Å². The minimum absolute atomic E-state index is 0.0637. The van der Waals surface area contributed by atoms with Gasteiger partial charge in [-0.3, -0.25) is 9.69 Å². The smallest absolute Gasteiger partial charge is 0.258 e. The van der Waals surface area contributed by atoms with E-state index in [0.717, 1.165) is 48.2 Å². The lowest BCUT2D eigenvalue weighted by atomic mass is 10.2. The molecular weight excluding hydrogens is 348 g/mol. The number of hydrogen-bond donors (Lipinski definition) is 1. The lowest BCUT2D eigenvalue weighted by Crippen LogP contribution is -2.47. The fourth-order valence-corrected chi connectivity index (χ4v) is 3.70. The molecule has 0 radical (unpaired) electrons. The molecule has 4 rings (SSSR count). The number of piperazine rings is 1. The topological polar surface area (TPSA) is 52.2 Å². The first-order chi connectivity index (χ1) is 12.6. The van der Waals surface area contributed by atoms with Gasteiger partial charge in [-0.15, -0.1) is 0 Å². The average Bonchev–Trinajstić information content (AvgIpc) is 2.67. The van der Waals surface area contributed by atoms with E-state index in [0.29, 0.717) is 5.39 Å². The molecule has 0 bridgehead atoms. The second-order valence-corrected chi connectivity index (χ2v) is 7.08. The Morgan fingerprint density at radius 1 is 1.08 bits per heavy atom. The van der Waals surface area contributed by atoms with Crippen molar-refractivity contribution in [2.24, 2.45) is 0 Å². The number of hydrogen-bond acceptors (Lipinski definition) is 4. The van der Waals surface area contributed by atoms with Crippen molar-refractivity contribution >= 4 is 28.2 Å². The minimum Gasteiger partial charge on any atom is -0.369 e. The van der Waals surface area contributed by atoms with E-state index in [1.54, 1.807) is 6.07 Å². The van der Waals surface area contributed by atoms with Crippen LogP contribution in [-0.4, -0.2) is 41.0 Å². The summed E-state index contributed by atoms with van der Waals surface area (Å²) in [4.78, 5) is 24.6. The van der Waals surface area contributed by atoms with Crippen molar-refractivity contribution in [3.8, 4) is 0 Å². The van der Waals surface area contributed by atoms with Crippen molar-refractivity contribution in [3.05, 3.63) is 69.7 Å². The predicted molar refractivity (Wildman–Crippen MR) is 106 cm³/mol. The molecule has 2 heterocycles. The first-order valence-corrected chi connectivity index (χ1v) is 9.23. The molecule has 5 nitrogen and oxygen atoms in total. The summed E-state index contributed by atoms with van der Waals surface area (Å²) >= 11 is 6.11. The molecule has 0 aliphatic carbocycles. The van der Waals surface area contributed by atoms with Crippen molar-refractivity contribution in [2.45, 2.75) is 13.0 Å². The highest BCUT2D eigenvalue weighted by Crippen LogP contribution is 2.24. The summed E-state index contributed by atoms with van der Waals surface area (Å²) in [7, 11) is 0. The maximum atomic E-state index is 12.3. The third kappa shape index (κ3) is 3.32. The second-order valence-electron chi connectivity index (χ2n) is 6.65. The lowest BCUT2D eigenvalue weighted by molar-refractivity contribution is 0.192. The van der Waals surface area contributed by atoms with Crippen LogP contribution in [0.2, 0.25) is 5.02 Å². The summed E-state index contributed by atoms with van der Waals surface area (Å²) in [5.74, 6) is 0.727. The number of aromatic amines is 1. The lowest BCUT2D eigenvalue weighted by Gasteiger charge is -2.38. The van der Waals surface area contributed by atoms with Gasteiger partial charge in [-0.2, -0.15) is 0 Å². The number of nitrogens with one attached hydrogen (secondary N) is 1. The molecule has 26 heavy (non-hydrogen) atoms. The quantitative estimate of drug-likeness (QED) is 0.769. The summed E-state index contributed by atoms with van der Waals surface area (Å²) in [5, 5.41) is 1.39. The summed E-state index contributed by atoms with van der Waals surface area (Å²) in [6.45, 7) is 5.75. The normalized spacial score (nSPS) is 16.8. The molecule has 1 fully saturated rings. The number of benzene rings is 2. The van der Waals surface area contributed by atoms with Gasteiger partial charge in [0.1, 0.15) is 5.82 Å². The second kappa shape index (κ2) is 7.09. The first kappa shape index (κ1) is 17.1. The van der Waals surface area contributed by atoms with Gasteiger partial charge in [-0.1, -0.05) is 29.8 Å². The number of anilines is 1. The van der Waals surface area contributed by atoms with Gasteiger partial charge >= 0.3 is 0 Å². The Morgan fingerprint density at radius 2 is 1.85 bits per heavy atom. The number of fused-ring (bicyclic) bond motifs is 1. The van der Waals surface area contributed by atoms with Gasteiger partial charge in [-0.05, 0) is 37.3 Å². The molecule has 1 aliphatic heterocycles. The van der Waals surface area contributed by atoms with Crippen LogP contribution in [-0.2, 0) is 0 Å². The van der Waals surface area contributed by atoms with Crippen LogP contribution in [0.1, 0.15) is 18.8 Å². The monoisotopic (exact) mass is 368 g/mol. The van der Waals surface area contributed by atoms with E-state index >= 15 is 0 Å². The van der Waals surface area contributed by atoms with Crippen molar-refractivity contribution in [2.75, 3.05) is 31.1 Å². The molecule has 2 aromatic carbocycles. The van der Waals surface area contributed by atoms with Crippen LogP contribution in [0.3, 0.4) is 0 Å². The Kier molecular flexibility index (Phi) is 4.66. The third-order valence-corrected chi connectivity index (χ3v) is 5.30. The highest BCUT2D eigenvalue weighted by atomic mass is 35.5. The van der Waals surface area contributed by atoms with Crippen LogP contribution in [0.25, 0.3) is 10.9 Å². The molecule has 0 amide bonds. The van der Waals surface area contributed by atoms with E-state index in [9.17, 15) is 4.79 Å². The van der Waals surface area contributed by atoms with Gasteiger partial charge < -0.3 is 9.88 Å². The standard InChI is InChI=1S/C20H21ClN4O/c1-14(19-22-18-8-3-2-7-17(18)20(26)23-19)24-9-11-25(12-10-24)16-6-4-5-15(21)13-16/h2-8,13-14H,9-12H2,1H3,(H,22,23,26)/t14-/m0/s1. The Hall–Kier alpha value is -2.37. The highest BCUT2D eigenvalue weighted by molar-refractivity contribution is 6.30. The fourth-order valence-electron chi connectivity index (χ4n) is 3.52. The Labute approximate surface area is 157 Å². The third-order valence-electron chi connectivity index (χ3n) is 5.06. The summed E-state index contributed by atoms with van der Waals surface area (Å²) < 4.78 is 0. The maximum absolute atomic E-state index is 12.3. The van der Waals surface area contributed by atoms with Crippen LogP contribution in [0.5, 0.6) is 0 Å². The molecule has 134 valence electrons. The molecule has 1 aromatic heterocycles. The molecule has 0 unspecified atom stereocenters. The zero-order valence-electron chi connectivity index (χ0n) is 14.7. The van der Waals surface area contributed by atoms with Gasteiger partial charge in [0.05, 0.1) is 16.9 Å².